The molecule has 0 aromatic heterocycles. The van der Waals surface area contributed by atoms with Gasteiger partial charge in [0, 0.05) is 18.8 Å². The predicted octanol–water partition coefficient (Wildman–Crippen LogP) is 5.83. The first-order chi connectivity index (χ1) is 15.4. The molecule has 1 saturated heterocycles. The molecule has 0 amide bonds. The maximum Gasteiger partial charge on any atom is 0.302 e. The van der Waals surface area contributed by atoms with E-state index in [4.69, 9.17) is 14.2 Å². The summed E-state index contributed by atoms with van der Waals surface area (Å²) >= 11 is 0. The first-order valence-corrected chi connectivity index (χ1v) is 12.1. The Labute approximate surface area is 192 Å². The number of aryl methyl sites for hydroxylation is 2. The fourth-order valence-electron chi connectivity index (χ4n) is 5.26. The van der Waals surface area contributed by atoms with Crippen LogP contribution in [0.5, 0.6) is 5.75 Å². The van der Waals surface area contributed by atoms with Crippen LogP contribution >= 0.6 is 0 Å². The van der Waals surface area contributed by atoms with Gasteiger partial charge < -0.3 is 14.2 Å². The van der Waals surface area contributed by atoms with Gasteiger partial charge in [0.25, 0.3) is 0 Å². The molecular weight excluding hydrogens is 400 g/mol. The first kappa shape index (κ1) is 22.8. The number of carbonyl (C=O) groups excluding carboxylic acids is 1. The Hall–Kier alpha value is -2.33. The molecule has 2 aromatic carbocycles. The van der Waals surface area contributed by atoms with Crippen molar-refractivity contribution in [2.24, 2.45) is 11.8 Å². The normalized spacial score (nSPS) is 27.3. The van der Waals surface area contributed by atoms with Gasteiger partial charge in [-0.1, -0.05) is 51.1 Å². The molecule has 0 radical (unpaired) electrons. The van der Waals surface area contributed by atoms with Gasteiger partial charge in [-0.15, -0.1) is 0 Å². The van der Waals surface area contributed by atoms with E-state index in [9.17, 15) is 4.79 Å². The number of fused-ring (bicyclic) bond motifs is 1. The molecule has 5 atom stereocenters. The Bertz CT molecular complexity index is 966. The molecule has 4 heteroatoms. The highest BCUT2D eigenvalue weighted by atomic mass is 16.6. The second-order valence-electron chi connectivity index (χ2n) is 9.51. The molecular formula is C28H36O4. The Balaban J connectivity index is 1.62. The lowest BCUT2D eigenvalue weighted by atomic mass is 9.80. The van der Waals surface area contributed by atoms with Gasteiger partial charge in [0.15, 0.2) is 0 Å². The molecule has 0 bridgehead atoms. The van der Waals surface area contributed by atoms with Crippen LogP contribution in [-0.2, 0) is 33.5 Å². The van der Waals surface area contributed by atoms with Crippen LogP contribution in [0.3, 0.4) is 0 Å². The third-order valence-electron chi connectivity index (χ3n) is 7.22. The SMILES string of the molecule is CCc1ccc([C@@H]2OC(C)[C@@H](C)[C@H](OC(C)=O)[C@H]2C)cc1Cc1ccc2c(c1)CCCO2. The van der Waals surface area contributed by atoms with Gasteiger partial charge in [0.2, 0.25) is 0 Å². The van der Waals surface area contributed by atoms with E-state index in [1.165, 1.54) is 34.7 Å². The minimum atomic E-state index is -0.222. The summed E-state index contributed by atoms with van der Waals surface area (Å²) in [5.74, 6) is 1.07. The maximum absolute atomic E-state index is 11.7. The molecule has 4 nitrogen and oxygen atoms in total. The van der Waals surface area contributed by atoms with Crippen LogP contribution in [0.4, 0.5) is 0 Å². The Kier molecular flexibility index (Phi) is 6.90. The van der Waals surface area contributed by atoms with Crippen LogP contribution in [-0.4, -0.2) is 24.8 Å². The summed E-state index contributed by atoms with van der Waals surface area (Å²) in [7, 11) is 0. The molecule has 1 fully saturated rings. The molecule has 0 spiro atoms. The summed E-state index contributed by atoms with van der Waals surface area (Å²) in [6.07, 6.45) is 3.85. The predicted molar refractivity (Wildman–Crippen MR) is 126 cm³/mol. The molecule has 172 valence electrons. The third kappa shape index (κ3) is 4.71. The van der Waals surface area contributed by atoms with E-state index >= 15 is 0 Å². The zero-order valence-corrected chi connectivity index (χ0v) is 20.0. The van der Waals surface area contributed by atoms with Crippen molar-refractivity contribution < 1.29 is 19.0 Å². The van der Waals surface area contributed by atoms with Crippen molar-refractivity contribution in [2.45, 2.75) is 78.6 Å². The summed E-state index contributed by atoms with van der Waals surface area (Å²) < 4.78 is 18.0. The van der Waals surface area contributed by atoms with Gasteiger partial charge in [-0.05, 0) is 66.5 Å². The topological polar surface area (TPSA) is 44.8 Å². The number of benzene rings is 2. The zero-order chi connectivity index (χ0) is 22.8. The van der Waals surface area contributed by atoms with Crippen LogP contribution in [0.25, 0.3) is 0 Å². The van der Waals surface area contributed by atoms with Gasteiger partial charge in [0.1, 0.15) is 11.9 Å². The zero-order valence-electron chi connectivity index (χ0n) is 20.0. The minimum absolute atomic E-state index is 0.0236. The lowest BCUT2D eigenvalue weighted by Gasteiger charge is -2.43. The second kappa shape index (κ2) is 9.66. The Morgan fingerprint density at radius 2 is 1.88 bits per heavy atom. The van der Waals surface area contributed by atoms with E-state index in [0.717, 1.165) is 38.0 Å². The number of rotatable bonds is 5. The third-order valence-corrected chi connectivity index (χ3v) is 7.22. The maximum atomic E-state index is 11.7. The van der Waals surface area contributed by atoms with Crippen LogP contribution in [0.15, 0.2) is 36.4 Å². The smallest absolute Gasteiger partial charge is 0.302 e. The molecule has 0 saturated carbocycles. The molecule has 32 heavy (non-hydrogen) atoms. The van der Waals surface area contributed by atoms with E-state index in [1.54, 1.807) is 0 Å². The van der Waals surface area contributed by atoms with E-state index in [0.29, 0.717) is 0 Å². The van der Waals surface area contributed by atoms with Crippen molar-refractivity contribution in [3.05, 3.63) is 64.2 Å². The second-order valence-corrected chi connectivity index (χ2v) is 9.51. The summed E-state index contributed by atoms with van der Waals surface area (Å²) in [6.45, 7) is 10.8. The monoisotopic (exact) mass is 436 g/mol. The molecule has 2 aliphatic heterocycles. The van der Waals surface area contributed by atoms with Gasteiger partial charge in [0.05, 0.1) is 18.8 Å². The molecule has 4 rings (SSSR count). The summed E-state index contributed by atoms with van der Waals surface area (Å²) in [6, 6.07) is 13.4. The average molecular weight is 437 g/mol. The van der Waals surface area contributed by atoms with Crippen molar-refractivity contribution in [1.82, 2.24) is 0 Å². The highest BCUT2D eigenvalue weighted by Crippen LogP contribution is 2.41. The number of esters is 1. The van der Waals surface area contributed by atoms with Crippen LogP contribution < -0.4 is 4.74 Å². The highest BCUT2D eigenvalue weighted by molar-refractivity contribution is 5.66. The number of hydrogen-bond donors (Lipinski definition) is 0. The van der Waals surface area contributed by atoms with Crippen molar-refractivity contribution in [1.29, 1.82) is 0 Å². The van der Waals surface area contributed by atoms with Crippen molar-refractivity contribution >= 4 is 5.97 Å². The fourth-order valence-corrected chi connectivity index (χ4v) is 5.26. The highest BCUT2D eigenvalue weighted by Gasteiger charge is 2.42. The average Bonchev–Trinajstić information content (AvgIpc) is 2.79. The van der Waals surface area contributed by atoms with Gasteiger partial charge in [-0.2, -0.15) is 0 Å². The van der Waals surface area contributed by atoms with E-state index in [2.05, 4.69) is 64.1 Å². The first-order valence-electron chi connectivity index (χ1n) is 12.1. The minimum Gasteiger partial charge on any atom is -0.493 e. The fraction of sp³-hybridized carbons (Fsp3) is 0.536. The molecule has 0 N–H and O–H groups in total. The van der Waals surface area contributed by atoms with Crippen molar-refractivity contribution in [3.63, 3.8) is 0 Å². The number of ether oxygens (including phenoxy) is 3. The van der Waals surface area contributed by atoms with Gasteiger partial charge in [-0.3, -0.25) is 4.79 Å². The Morgan fingerprint density at radius 1 is 1.06 bits per heavy atom. The van der Waals surface area contributed by atoms with Gasteiger partial charge >= 0.3 is 5.97 Å². The van der Waals surface area contributed by atoms with Crippen LogP contribution in [0.2, 0.25) is 0 Å². The lowest BCUT2D eigenvalue weighted by molar-refractivity contribution is -0.187. The van der Waals surface area contributed by atoms with Gasteiger partial charge in [-0.25, -0.2) is 0 Å². The largest absolute Gasteiger partial charge is 0.493 e. The summed E-state index contributed by atoms with van der Waals surface area (Å²) in [5.41, 5.74) is 6.51. The number of carbonyl (C=O) groups is 1. The molecule has 2 aromatic rings. The van der Waals surface area contributed by atoms with Crippen LogP contribution in [0, 0.1) is 11.8 Å². The van der Waals surface area contributed by atoms with Crippen LogP contribution in [0.1, 0.15) is 75.0 Å². The quantitative estimate of drug-likeness (QED) is 0.553. The standard InChI is InChI=1S/C28H36O4/c1-6-22-10-11-24(28-18(3)27(32-20(5)29)17(2)19(4)31-28)16-25(22)15-21-9-12-26-23(14-21)8-7-13-30-26/h9-12,14,16-19,27-28H,6-8,13,15H2,1-5H3/t17-,18-,19?,27+,28-/m1/s1. The summed E-state index contributed by atoms with van der Waals surface area (Å²) in [4.78, 5) is 11.7. The molecule has 1 unspecified atom stereocenters. The molecule has 2 heterocycles. The van der Waals surface area contributed by atoms with E-state index in [-0.39, 0.29) is 36.1 Å². The number of hydrogen-bond acceptors (Lipinski definition) is 4. The summed E-state index contributed by atoms with van der Waals surface area (Å²) in [5, 5.41) is 0. The Morgan fingerprint density at radius 3 is 2.62 bits per heavy atom. The van der Waals surface area contributed by atoms with Crippen molar-refractivity contribution in [3.8, 4) is 5.75 Å². The molecule has 0 aliphatic carbocycles. The lowest BCUT2D eigenvalue weighted by Crippen LogP contribution is -2.46. The van der Waals surface area contributed by atoms with Crippen molar-refractivity contribution in [2.75, 3.05) is 6.61 Å². The van der Waals surface area contributed by atoms with E-state index < -0.39 is 0 Å². The molecule has 2 aliphatic rings. The van der Waals surface area contributed by atoms with E-state index in [1.807, 2.05) is 0 Å².